The molecule has 0 radical (unpaired) electrons. The molecule has 4 heteroatoms. The van der Waals surface area contributed by atoms with Crippen LogP contribution >= 0.6 is 0 Å². The van der Waals surface area contributed by atoms with Crippen molar-refractivity contribution in [2.75, 3.05) is 11.9 Å². The van der Waals surface area contributed by atoms with Gasteiger partial charge in [0.2, 0.25) is 0 Å². The molecule has 1 atom stereocenters. The third-order valence-electron chi connectivity index (χ3n) is 2.79. The van der Waals surface area contributed by atoms with Crippen molar-refractivity contribution < 1.29 is 0 Å². The minimum Gasteiger partial charge on any atom is -0.365 e. The maximum Gasteiger partial charge on any atom is 0.293 e. The number of nitrogens with one attached hydrogen (secondary N) is 1. The zero-order valence-corrected chi connectivity index (χ0v) is 11.2. The highest BCUT2D eigenvalue weighted by molar-refractivity contribution is 5.30. The van der Waals surface area contributed by atoms with Crippen LogP contribution in [0.25, 0.3) is 0 Å². The van der Waals surface area contributed by atoms with E-state index in [4.69, 9.17) is 0 Å². The van der Waals surface area contributed by atoms with Crippen LogP contribution in [0.3, 0.4) is 0 Å². The van der Waals surface area contributed by atoms with Gasteiger partial charge in [0.25, 0.3) is 5.56 Å². The molecular weight excluding hydrogens is 214 g/mol. The van der Waals surface area contributed by atoms with Crippen molar-refractivity contribution in [1.29, 1.82) is 0 Å². The molecule has 0 bridgehead atoms. The number of aromatic nitrogens is 2. The Morgan fingerprint density at radius 3 is 2.71 bits per heavy atom. The van der Waals surface area contributed by atoms with Crippen molar-refractivity contribution >= 4 is 5.82 Å². The molecule has 1 heterocycles. The van der Waals surface area contributed by atoms with Gasteiger partial charge in [-0.2, -0.15) is 0 Å². The summed E-state index contributed by atoms with van der Waals surface area (Å²) in [6.07, 6.45) is 4.53. The smallest absolute Gasteiger partial charge is 0.293 e. The van der Waals surface area contributed by atoms with Gasteiger partial charge in [0.15, 0.2) is 5.82 Å². The highest BCUT2D eigenvalue weighted by Gasteiger charge is 2.06. The quantitative estimate of drug-likeness (QED) is 0.826. The standard InChI is InChI=1S/C13H23N3O/c1-5-11(4)8-15-12-13(17)16(7-6-14-12)9-10(2)3/h6-7,10-11H,5,8-9H2,1-4H3,(H,14,15). The van der Waals surface area contributed by atoms with Gasteiger partial charge in [0.1, 0.15) is 0 Å². The second-order valence-corrected chi connectivity index (χ2v) is 5.02. The molecule has 1 N–H and O–H groups in total. The van der Waals surface area contributed by atoms with Gasteiger partial charge in [-0.1, -0.05) is 34.1 Å². The molecule has 0 aliphatic heterocycles. The molecule has 0 spiro atoms. The van der Waals surface area contributed by atoms with E-state index in [1.807, 2.05) is 0 Å². The number of rotatable bonds is 6. The van der Waals surface area contributed by atoms with E-state index in [2.05, 4.69) is 38.0 Å². The lowest BCUT2D eigenvalue weighted by molar-refractivity contribution is 0.509. The molecule has 0 fully saturated rings. The van der Waals surface area contributed by atoms with E-state index in [1.165, 1.54) is 0 Å². The Labute approximate surface area is 103 Å². The van der Waals surface area contributed by atoms with Crippen LogP contribution in [0.1, 0.15) is 34.1 Å². The summed E-state index contributed by atoms with van der Waals surface area (Å²) in [4.78, 5) is 16.2. The Hall–Kier alpha value is -1.32. The molecule has 0 amide bonds. The van der Waals surface area contributed by atoms with Crippen molar-refractivity contribution in [3.05, 3.63) is 22.7 Å². The molecule has 0 saturated heterocycles. The molecule has 1 unspecified atom stereocenters. The summed E-state index contributed by atoms with van der Waals surface area (Å²) in [5, 5.41) is 3.13. The molecule has 1 aromatic rings. The first-order chi connectivity index (χ1) is 8.04. The zero-order valence-electron chi connectivity index (χ0n) is 11.2. The normalized spacial score (nSPS) is 12.8. The van der Waals surface area contributed by atoms with E-state index in [9.17, 15) is 4.79 Å². The Morgan fingerprint density at radius 2 is 2.12 bits per heavy atom. The summed E-state index contributed by atoms with van der Waals surface area (Å²) >= 11 is 0. The Kier molecular flexibility index (Phi) is 5.19. The fourth-order valence-electron chi connectivity index (χ4n) is 1.52. The van der Waals surface area contributed by atoms with E-state index in [0.29, 0.717) is 17.7 Å². The highest BCUT2D eigenvalue weighted by Crippen LogP contribution is 2.02. The van der Waals surface area contributed by atoms with Crippen LogP contribution in [0.15, 0.2) is 17.2 Å². The summed E-state index contributed by atoms with van der Waals surface area (Å²) in [7, 11) is 0. The molecule has 0 saturated carbocycles. The maximum atomic E-state index is 12.0. The van der Waals surface area contributed by atoms with Gasteiger partial charge >= 0.3 is 0 Å². The van der Waals surface area contributed by atoms with Crippen LogP contribution in [0.5, 0.6) is 0 Å². The molecule has 17 heavy (non-hydrogen) atoms. The molecule has 1 rings (SSSR count). The van der Waals surface area contributed by atoms with Gasteiger partial charge in [-0.05, 0) is 11.8 Å². The first kappa shape index (κ1) is 13.7. The second-order valence-electron chi connectivity index (χ2n) is 5.02. The molecule has 96 valence electrons. The summed E-state index contributed by atoms with van der Waals surface area (Å²) < 4.78 is 1.72. The molecule has 0 aromatic carbocycles. The van der Waals surface area contributed by atoms with Crippen molar-refractivity contribution in [3.63, 3.8) is 0 Å². The van der Waals surface area contributed by atoms with E-state index in [-0.39, 0.29) is 5.56 Å². The van der Waals surface area contributed by atoms with Crippen LogP contribution in [0.2, 0.25) is 0 Å². The number of anilines is 1. The van der Waals surface area contributed by atoms with E-state index in [0.717, 1.165) is 19.5 Å². The van der Waals surface area contributed by atoms with Crippen molar-refractivity contribution in [2.24, 2.45) is 11.8 Å². The fraction of sp³-hybridized carbons (Fsp3) is 0.692. The summed E-state index contributed by atoms with van der Waals surface area (Å²) in [6, 6.07) is 0. The third kappa shape index (κ3) is 4.21. The van der Waals surface area contributed by atoms with Crippen molar-refractivity contribution in [3.8, 4) is 0 Å². The van der Waals surface area contributed by atoms with Gasteiger partial charge in [-0.3, -0.25) is 4.79 Å². The lowest BCUT2D eigenvalue weighted by Crippen LogP contribution is -2.27. The molecular formula is C13H23N3O. The maximum absolute atomic E-state index is 12.0. The monoisotopic (exact) mass is 237 g/mol. The Balaban J connectivity index is 2.76. The minimum atomic E-state index is -0.0236. The van der Waals surface area contributed by atoms with Gasteiger partial charge in [0, 0.05) is 25.5 Å². The summed E-state index contributed by atoms with van der Waals surface area (Å²) in [5.41, 5.74) is -0.0236. The van der Waals surface area contributed by atoms with Gasteiger partial charge in [0.05, 0.1) is 0 Å². The topological polar surface area (TPSA) is 46.9 Å². The summed E-state index contributed by atoms with van der Waals surface area (Å²) in [5.74, 6) is 1.47. The number of hydrogen-bond donors (Lipinski definition) is 1. The Morgan fingerprint density at radius 1 is 1.41 bits per heavy atom. The van der Waals surface area contributed by atoms with Crippen molar-refractivity contribution in [2.45, 2.75) is 40.7 Å². The average Bonchev–Trinajstić information content (AvgIpc) is 2.29. The molecule has 4 nitrogen and oxygen atoms in total. The lowest BCUT2D eigenvalue weighted by Gasteiger charge is -2.12. The minimum absolute atomic E-state index is 0.0236. The van der Waals surface area contributed by atoms with Crippen LogP contribution in [0, 0.1) is 11.8 Å². The average molecular weight is 237 g/mol. The predicted octanol–water partition coefficient (Wildman–Crippen LogP) is 2.36. The number of hydrogen-bond acceptors (Lipinski definition) is 3. The molecule has 0 aliphatic carbocycles. The third-order valence-corrected chi connectivity index (χ3v) is 2.79. The largest absolute Gasteiger partial charge is 0.365 e. The van der Waals surface area contributed by atoms with Crippen LogP contribution in [-0.2, 0) is 6.54 Å². The lowest BCUT2D eigenvalue weighted by atomic mass is 10.1. The van der Waals surface area contributed by atoms with Gasteiger partial charge in [-0.15, -0.1) is 0 Å². The van der Waals surface area contributed by atoms with E-state index >= 15 is 0 Å². The van der Waals surface area contributed by atoms with Crippen LogP contribution in [0.4, 0.5) is 5.82 Å². The predicted molar refractivity (Wildman–Crippen MR) is 71.3 cm³/mol. The van der Waals surface area contributed by atoms with Crippen LogP contribution in [-0.4, -0.2) is 16.1 Å². The first-order valence-electron chi connectivity index (χ1n) is 6.33. The van der Waals surface area contributed by atoms with Gasteiger partial charge in [-0.25, -0.2) is 4.98 Å². The Bertz CT molecular complexity index is 398. The van der Waals surface area contributed by atoms with E-state index < -0.39 is 0 Å². The second kappa shape index (κ2) is 6.42. The first-order valence-corrected chi connectivity index (χ1v) is 6.33. The van der Waals surface area contributed by atoms with Crippen LogP contribution < -0.4 is 10.9 Å². The summed E-state index contributed by atoms with van der Waals surface area (Å²) in [6.45, 7) is 10.0. The fourth-order valence-corrected chi connectivity index (χ4v) is 1.52. The van der Waals surface area contributed by atoms with Crippen molar-refractivity contribution in [1.82, 2.24) is 9.55 Å². The molecule has 1 aromatic heterocycles. The number of nitrogens with zero attached hydrogens (tertiary/aromatic N) is 2. The zero-order chi connectivity index (χ0) is 12.8. The molecule has 0 aliphatic rings. The van der Waals surface area contributed by atoms with E-state index in [1.54, 1.807) is 17.0 Å². The SMILES string of the molecule is CCC(C)CNc1nccn(CC(C)C)c1=O. The highest BCUT2D eigenvalue weighted by atomic mass is 16.1. The van der Waals surface area contributed by atoms with Gasteiger partial charge < -0.3 is 9.88 Å².